The fourth-order valence-corrected chi connectivity index (χ4v) is 2.16. The third-order valence-corrected chi connectivity index (χ3v) is 3.04. The summed E-state index contributed by atoms with van der Waals surface area (Å²) in [5.74, 6) is -1.13. The van der Waals surface area contributed by atoms with Crippen molar-refractivity contribution < 1.29 is 71.1 Å². The molecule has 0 aromatic heterocycles. The first-order chi connectivity index (χ1) is 5.63. The molecule has 0 amide bonds. The summed E-state index contributed by atoms with van der Waals surface area (Å²) >= 11 is 0. The molecule has 4 nitrogen and oxygen atoms in total. The Morgan fingerprint density at radius 2 is 1.92 bits per heavy atom. The second-order valence-electron chi connectivity index (χ2n) is 3.72. The standard InChI is InChI=1S/C8H12O4.K/c9-5-7-1-3-8(12-7,4-2-7)6(10)11;/h9H,1-5H2,(H,10,11);/q;+1/p-1. The quantitative estimate of drug-likeness (QED) is 0.469. The molecular formula is C8H11KO4. The van der Waals surface area contributed by atoms with Crippen LogP contribution >= 0.6 is 0 Å². The molecule has 2 bridgehead atoms. The van der Waals surface area contributed by atoms with Gasteiger partial charge in [0.05, 0.1) is 18.2 Å². The summed E-state index contributed by atoms with van der Waals surface area (Å²) in [5, 5.41) is 19.7. The fraction of sp³-hybridized carbons (Fsp3) is 0.875. The van der Waals surface area contributed by atoms with Gasteiger partial charge in [0.15, 0.2) is 0 Å². The van der Waals surface area contributed by atoms with Crippen molar-refractivity contribution in [3.8, 4) is 0 Å². The molecule has 0 radical (unpaired) electrons. The van der Waals surface area contributed by atoms with Crippen molar-refractivity contribution >= 4 is 5.97 Å². The Labute approximate surface area is 119 Å². The van der Waals surface area contributed by atoms with Crippen molar-refractivity contribution in [1.82, 2.24) is 0 Å². The van der Waals surface area contributed by atoms with Crippen LogP contribution in [0.2, 0.25) is 0 Å². The second-order valence-corrected chi connectivity index (χ2v) is 3.72. The Kier molecular flexibility index (Phi) is 3.61. The number of hydrogen-bond donors (Lipinski definition) is 1. The first kappa shape index (κ1) is 12.1. The van der Waals surface area contributed by atoms with Gasteiger partial charge in [0.25, 0.3) is 0 Å². The van der Waals surface area contributed by atoms with Gasteiger partial charge in [-0.15, -0.1) is 0 Å². The maximum atomic E-state index is 10.7. The molecule has 2 fully saturated rings. The number of hydrogen-bond acceptors (Lipinski definition) is 4. The molecular weight excluding hydrogens is 199 g/mol. The Morgan fingerprint density at radius 1 is 1.38 bits per heavy atom. The van der Waals surface area contributed by atoms with Crippen LogP contribution in [0.5, 0.6) is 0 Å². The number of fused-ring (bicyclic) bond motifs is 2. The largest absolute Gasteiger partial charge is 1.00 e. The minimum absolute atomic E-state index is 0. The maximum absolute atomic E-state index is 10.7. The van der Waals surface area contributed by atoms with Gasteiger partial charge in [0.1, 0.15) is 5.60 Å². The van der Waals surface area contributed by atoms with E-state index in [0.29, 0.717) is 25.7 Å². The van der Waals surface area contributed by atoms with E-state index in [9.17, 15) is 9.90 Å². The fourth-order valence-electron chi connectivity index (χ4n) is 2.16. The van der Waals surface area contributed by atoms with Crippen LogP contribution in [0.1, 0.15) is 25.7 Å². The molecule has 0 atom stereocenters. The number of aliphatic hydroxyl groups is 1. The van der Waals surface area contributed by atoms with Gasteiger partial charge in [-0.3, -0.25) is 0 Å². The minimum atomic E-state index is -1.13. The molecule has 0 aromatic carbocycles. The molecule has 1 N–H and O–H groups in total. The van der Waals surface area contributed by atoms with E-state index in [1.807, 2.05) is 0 Å². The first-order valence-electron chi connectivity index (χ1n) is 4.15. The van der Waals surface area contributed by atoms with Crippen molar-refractivity contribution in [3.63, 3.8) is 0 Å². The summed E-state index contributed by atoms with van der Waals surface area (Å²) in [5.41, 5.74) is -1.65. The van der Waals surface area contributed by atoms with Crippen LogP contribution in [0.4, 0.5) is 0 Å². The number of aliphatic hydroxyl groups excluding tert-OH is 1. The van der Waals surface area contributed by atoms with E-state index in [0.717, 1.165) is 0 Å². The molecule has 2 aliphatic heterocycles. The van der Waals surface area contributed by atoms with Gasteiger partial charge >= 0.3 is 51.4 Å². The first-order valence-corrected chi connectivity index (χ1v) is 4.15. The molecule has 5 heteroatoms. The Bertz CT molecular complexity index is 220. The SMILES string of the molecule is O=C([O-])C12CCC(CO)(CC1)O2.[K+]. The van der Waals surface area contributed by atoms with E-state index in [1.165, 1.54) is 0 Å². The number of carboxylic acids is 1. The van der Waals surface area contributed by atoms with Crippen LogP contribution in [-0.4, -0.2) is 28.9 Å². The van der Waals surface area contributed by atoms with Crippen LogP contribution in [0.25, 0.3) is 0 Å². The molecule has 2 saturated heterocycles. The van der Waals surface area contributed by atoms with Crippen molar-refractivity contribution in [1.29, 1.82) is 0 Å². The zero-order valence-electron chi connectivity index (χ0n) is 7.71. The average molecular weight is 210 g/mol. The molecule has 2 aliphatic rings. The Hall–Kier alpha value is 1.03. The van der Waals surface area contributed by atoms with Gasteiger partial charge in [0, 0.05) is 0 Å². The molecule has 0 unspecified atom stereocenters. The molecule has 68 valence electrons. The van der Waals surface area contributed by atoms with Crippen molar-refractivity contribution in [2.45, 2.75) is 36.9 Å². The van der Waals surface area contributed by atoms with E-state index in [-0.39, 0.29) is 58.0 Å². The predicted octanol–water partition coefficient (Wildman–Crippen LogP) is -4.19. The molecule has 2 heterocycles. The van der Waals surface area contributed by atoms with Crippen molar-refractivity contribution in [2.75, 3.05) is 6.61 Å². The summed E-state index contributed by atoms with van der Waals surface area (Å²) in [6, 6.07) is 0. The van der Waals surface area contributed by atoms with E-state index >= 15 is 0 Å². The summed E-state index contributed by atoms with van der Waals surface area (Å²) < 4.78 is 5.35. The second kappa shape index (κ2) is 3.88. The topological polar surface area (TPSA) is 69.6 Å². The number of ether oxygens (including phenoxy) is 1. The van der Waals surface area contributed by atoms with E-state index in [4.69, 9.17) is 9.84 Å². The number of carbonyl (C=O) groups is 1. The van der Waals surface area contributed by atoms with Crippen molar-refractivity contribution in [3.05, 3.63) is 0 Å². The number of rotatable bonds is 2. The molecule has 0 spiro atoms. The summed E-state index contributed by atoms with van der Waals surface area (Å²) in [6.45, 7) is -0.0813. The van der Waals surface area contributed by atoms with Crippen LogP contribution < -0.4 is 56.5 Å². The van der Waals surface area contributed by atoms with E-state index in [1.54, 1.807) is 0 Å². The normalized spacial score (nSPS) is 41.6. The Morgan fingerprint density at radius 3 is 2.15 bits per heavy atom. The van der Waals surface area contributed by atoms with Crippen LogP contribution in [0.3, 0.4) is 0 Å². The molecule has 13 heavy (non-hydrogen) atoms. The molecule has 2 rings (SSSR count). The van der Waals surface area contributed by atoms with Gasteiger partial charge in [-0.25, -0.2) is 0 Å². The number of carboxylic acid groups (broad SMARTS) is 1. The van der Waals surface area contributed by atoms with Gasteiger partial charge in [-0.1, -0.05) is 0 Å². The van der Waals surface area contributed by atoms with Crippen LogP contribution in [0.15, 0.2) is 0 Å². The number of aliphatic carboxylic acids is 1. The van der Waals surface area contributed by atoms with Gasteiger partial charge in [-0.05, 0) is 25.7 Å². The zero-order valence-corrected chi connectivity index (χ0v) is 10.8. The van der Waals surface area contributed by atoms with E-state index < -0.39 is 17.2 Å². The van der Waals surface area contributed by atoms with E-state index in [2.05, 4.69) is 0 Å². The van der Waals surface area contributed by atoms with Crippen LogP contribution in [-0.2, 0) is 9.53 Å². The summed E-state index contributed by atoms with van der Waals surface area (Å²) in [6.07, 6.45) is 2.24. The molecule has 0 aromatic rings. The minimum Gasteiger partial charge on any atom is -0.547 e. The zero-order chi connectivity index (χ0) is 8.82. The Balaban J connectivity index is 0.000000845. The molecule has 0 aliphatic carbocycles. The van der Waals surface area contributed by atoms with Crippen LogP contribution in [0, 0.1) is 0 Å². The van der Waals surface area contributed by atoms with Gasteiger partial charge in [-0.2, -0.15) is 0 Å². The van der Waals surface area contributed by atoms with Crippen molar-refractivity contribution in [2.24, 2.45) is 0 Å². The maximum Gasteiger partial charge on any atom is 1.00 e. The summed E-state index contributed by atoms with van der Waals surface area (Å²) in [4.78, 5) is 10.7. The van der Waals surface area contributed by atoms with Gasteiger partial charge in [0.2, 0.25) is 0 Å². The predicted molar refractivity (Wildman–Crippen MR) is 37.1 cm³/mol. The van der Waals surface area contributed by atoms with Gasteiger partial charge < -0.3 is 19.7 Å². The number of carbonyl (C=O) groups excluding carboxylic acids is 1. The third kappa shape index (κ3) is 1.76. The third-order valence-electron chi connectivity index (χ3n) is 3.04. The monoisotopic (exact) mass is 210 g/mol. The smallest absolute Gasteiger partial charge is 0.547 e. The molecule has 0 saturated carbocycles. The summed E-state index contributed by atoms with van der Waals surface area (Å²) in [7, 11) is 0. The average Bonchev–Trinajstić information content (AvgIpc) is 2.61.